The third kappa shape index (κ3) is 4.87. The van der Waals surface area contributed by atoms with Crippen molar-refractivity contribution in [1.82, 2.24) is 9.80 Å². The fourth-order valence-electron chi connectivity index (χ4n) is 3.93. The molecule has 2 aromatic rings. The van der Waals surface area contributed by atoms with Crippen molar-refractivity contribution in [2.24, 2.45) is 0 Å². The molecular weight excluding hydrogens is 384 g/mol. The van der Waals surface area contributed by atoms with E-state index < -0.39 is 0 Å². The van der Waals surface area contributed by atoms with Gasteiger partial charge in [0, 0.05) is 31.5 Å². The summed E-state index contributed by atoms with van der Waals surface area (Å²) in [6.07, 6.45) is 2.08. The second-order valence-electron chi connectivity index (χ2n) is 7.45. The summed E-state index contributed by atoms with van der Waals surface area (Å²) >= 11 is 1.76. The van der Waals surface area contributed by atoms with Gasteiger partial charge in [-0.1, -0.05) is 31.2 Å². The van der Waals surface area contributed by atoms with E-state index in [1.165, 1.54) is 16.0 Å². The largest absolute Gasteiger partial charge is 0.383 e. The van der Waals surface area contributed by atoms with Gasteiger partial charge in [-0.15, -0.1) is 11.3 Å². The van der Waals surface area contributed by atoms with Crippen molar-refractivity contribution >= 4 is 23.2 Å². The maximum absolute atomic E-state index is 13.4. The molecule has 1 aliphatic rings. The topological polar surface area (TPSA) is 49.9 Å². The number of fused-ring (bicyclic) bond motifs is 1. The normalized spacial score (nSPS) is 15.8. The van der Waals surface area contributed by atoms with Crippen LogP contribution in [0.2, 0.25) is 0 Å². The summed E-state index contributed by atoms with van der Waals surface area (Å²) in [6, 6.07) is 10.3. The molecule has 0 radical (unpaired) electrons. The van der Waals surface area contributed by atoms with Gasteiger partial charge in [0.2, 0.25) is 11.8 Å². The van der Waals surface area contributed by atoms with Crippen LogP contribution in [0.15, 0.2) is 35.7 Å². The number of benzene rings is 1. The fourth-order valence-corrected chi connectivity index (χ4v) is 4.84. The number of ether oxygens (including phenoxy) is 1. The van der Waals surface area contributed by atoms with Crippen LogP contribution < -0.4 is 0 Å². The van der Waals surface area contributed by atoms with Gasteiger partial charge in [0.15, 0.2) is 0 Å². The molecule has 0 N–H and O–H groups in total. The van der Waals surface area contributed by atoms with E-state index in [9.17, 15) is 9.59 Å². The number of methoxy groups -OCH3 is 1. The van der Waals surface area contributed by atoms with Crippen LogP contribution in [0.1, 0.15) is 47.4 Å². The van der Waals surface area contributed by atoms with Crippen LogP contribution in [0.5, 0.6) is 0 Å². The molecule has 156 valence electrons. The van der Waals surface area contributed by atoms with Crippen molar-refractivity contribution in [2.45, 2.75) is 39.2 Å². The lowest BCUT2D eigenvalue weighted by molar-refractivity contribution is -0.142. The number of nitrogens with zero attached hydrogens (tertiary/aromatic N) is 2. The molecule has 1 aromatic heterocycles. The van der Waals surface area contributed by atoms with E-state index in [1.807, 2.05) is 24.0 Å². The first-order chi connectivity index (χ1) is 14.1. The van der Waals surface area contributed by atoms with Crippen molar-refractivity contribution in [1.29, 1.82) is 0 Å². The lowest BCUT2D eigenvalue weighted by Crippen LogP contribution is -2.47. The average molecular weight is 415 g/mol. The third-order valence-electron chi connectivity index (χ3n) is 5.48. The predicted octanol–water partition coefficient (Wildman–Crippen LogP) is 3.81. The van der Waals surface area contributed by atoms with Crippen LogP contribution in [0.4, 0.5) is 0 Å². The molecular formula is C23H30N2O3S. The fraction of sp³-hybridized carbons (Fsp3) is 0.478. The summed E-state index contributed by atoms with van der Waals surface area (Å²) in [4.78, 5) is 30.9. The zero-order valence-corrected chi connectivity index (χ0v) is 18.3. The third-order valence-corrected chi connectivity index (χ3v) is 6.47. The highest BCUT2D eigenvalue weighted by molar-refractivity contribution is 7.10. The van der Waals surface area contributed by atoms with Gasteiger partial charge in [-0.25, -0.2) is 0 Å². The number of aryl methyl sites for hydroxylation is 1. The summed E-state index contributed by atoms with van der Waals surface area (Å²) in [5, 5.41) is 2.11. The Morgan fingerprint density at radius 2 is 2.03 bits per heavy atom. The van der Waals surface area contributed by atoms with Gasteiger partial charge < -0.3 is 14.5 Å². The Morgan fingerprint density at radius 1 is 1.24 bits per heavy atom. The highest BCUT2D eigenvalue weighted by Gasteiger charge is 2.34. The highest BCUT2D eigenvalue weighted by atomic mass is 32.1. The molecule has 1 aromatic carbocycles. The van der Waals surface area contributed by atoms with Gasteiger partial charge in [0.1, 0.15) is 0 Å². The number of carbonyl (C=O) groups excluding carboxylic acids is 2. The quantitative estimate of drug-likeness (QED) is 0.660. The maximum Gasteiger partial charge on any atom is 0.242 e. The van der Waals surface area contributed by atoms with Gasteiger partial charge in [0.05, 0.1) is 19.2 Å². The van der Waals surface area contributed by atoms with Gasteiger partial charge in [-0.2, -0.15) is 0 Å². The van der Waals surface area contributed by atoms with Crippen LogP contribution in [-0.4, -0.2) is 55.0 Å². The molecule has 1 unspecified atom stereocenters. The number of carbonyl (C=O) groups is 2. The molecule has 2 heterocycles. The minimum Gasteiger partial charge on any atom is -0.383 e. The number of thiophene rings is 1. The molecule has 0 saturated carbocycles. The van der Waals surface area contributed by atoms with Crippen LogP contribution in [0.3, 0.4) is 0 Å². The molecule has 0 spiro atoms. The van der Waals surface area contributed by atoms with E-state index in [2.05, 4.69) is 30.5 Å². The SMILES string of the molecule is CCCC(=O)N(CCOC)CC(=O)N1CCc2sccc2C1c1ccccc1C. The summed E-state index contributed by atoms with van der Waals surface area (Å²) in [5.41, 5.74) is 3.54. The van der Waals surface area contributed by atoms with Crippen LogP contribution in [0, 0.1) is 6.92 Å². The van der Waals surface area contributed by atoms with E-state index in [0.29, 0.717) is 26.1 Å². The van der Waals surface area contributed by atoms with Gasteiger partial charge in [-0.05, 0) is 47.9 Å². The molecule has 1 aliphatic heterocycles. The molecule has 0 fully saturated rings. The minimum absolute atomic E-state index is 0.00402. The Morgan fingerprint density at radius 3 is 2.76 bits per heavy atom. The molecule has 29 heavy (non-hydrogen) atoms. The molecule has 3 rings (SSSR count). The number of hydrogen-bond acceptors (Lipinski definition) is 4. The van der Waals surface area contributed by atoms with Crippen molar-refractivity contribution in [2.75, 3.05) is 33.4 Å². The Hall–Kier alpha value is -2.18. The molecule has 2 amide bonds. The van der Waals surface area contributed by atoms with Crippen LogP contribution in [0.25, 0.3) is 0 Å². The number of rotatable bonds is 8. The Bertz CT molecular complexity index is 848. The maximum atomic E-state index is 13.4. The van der Waals surface area contributed by atoms with E-state index in [0.717, 1.165) is 18.4 Å². The van der Waals surface area contributed by atoms with Gasteiger partial charge >= 0.3 is 0 Å². The standard InChI is InChI=1S/C23H30N2O3S/c1-4-7-21(26)24(13-14-28-3)16-22(27)25-12-10-20-19(11-15-29-20)23(25)18-9-6-5-8-17(18)2/h5-6,8-9,11,15,23H,4,7,10,12-14,16H2,1-3H3. The van der Waals surface area contributed by atoms with Crippen molar-refractivity contribution in [3.8, 4) is 0 Å². The monoisotopic (exact) mass is 414 g/mol. The van der Waals surface area contributed by atoms with E-state index >= 15 is 0 Å². The predicted molar refractivity (Wildman–Crippen MR) is 116 cm³/mol. The second-order valence-corrected chi connectivity index (χ2v) is 8.45. The summed E-state index contributed by atoms with van der Waals surface area (Å²) in [6.45, 7) is 5.71. The first kappa shape index (κ1) is 21.5. The molecule has 1 atom stereocenters. The van der Waals surface area contributed by atoms with Gasteiger partial charge in [0.25, 0.3) is 0 Å². The van der Waals surface area contributed by atoms with Crippen molar-refractivity contribution in [3.63, 3.8) is 0 Å². The molecule has 6 heteroatoms. The Labute approximate surface area is 177 Å². The van der Waals surface area contributed by atoms with Crippen molar-refractivity contribution < 1.29 is 14.3 Å². The lowest BCUT2D eigenvalue weighted by Gasteiger charge is -2.38. The molecule has 0 aliphatic carbocycles. The number of hydrogen-bond donors (Lipinski definition) is 0. The van der Waals surface area contributed by atoms with Crippen LogP contribution >= 0.6 is 11.3 Å². The molecule has 0 saturated heterocycles. The first-order valence-electron chi connectivity index (χ1n) is 10.2. The zero-order valence-electron chi connectivity index (χ0n) is 17.5. The minimum atomic E-state index is -0.0933. The Balaban J connectivity index is 1.87. The Kier molecular flexibility index (Phi) is 7.45. The summed E-state index contributed by atoms with van der Waals surface area (Å²) in [5.74, 6) is 0.00855. The highest BCUT2D eigenvalue weighted by Crippen LogP contribution is 2.38. The molecule has 0 bridgehead atoms. The van der Waals surface area contributed by atoms with Crippen molar-refractivity contribution in [3.05, 3.63) is 57.3 Å². The van der Waals surface area contributed by atoms with E-state index in [4.69, 9.17) is 4.74 Å². The first-order valence-corrected chi connectivity index (χ1v) is 11.1. The molecule has 5 nitrogen and oxygen atoms in total. The smallest absolute Gasteiger partial charge is 0.242 e. The second kappa shape index (κ2) is 10.0. The van der Waals surface area contributed by atoms with Crippen LogP contribution in [-0.2, 0) is 20.7 Å². The average Bonchev–Trinajstić information content (AvgIpc) is 3.20. The van der Waals surface area contributed by atoms with E-state index in [1.54, 1.807) is 23.3 Å². The lowest BCUT2D eigenvalue weighted by atomic mass is 9.90. The summed E-state index contributed by atoms with van der Waals surface area (Å²) in [7, 11) is 1.61. The van der Waals surface area contributed by atoms with E-state index in [-0.39, 0.29) is 24.4 Å². The zero-order chi connectivity index (χ0) is 20.8. The number of amides is 2. The summed E-state index contributed by atoms with van der Waals surface area (Å²) < 4.78 is 5.15. The van der Waals surface area contributed by atoms with Gasteiger partial charge in [-0.3, -0.25) is 9.59 Å².